The molecule has 1 aliphatic heterocycles. The van der Waals surface area contributed by atoms with Crippen LogP contribution in [-0.2, 0) is 15.1 Å². The summed E-state index contributed by atoms with van der Waals surface area (Å²) in [5, 5.41) is 4.59. The lowest BCUT2D eigenvalue weighted by Gasteiger charge is -2.22. The molecule has 0 aliphatic carbocycles. The molecule has 1 saturated heterocycles. The highest BCUT2D eigenvalue weighted by Crippen LogP contribution is 2.30. The van der Waals surface area contributed by atoms with E-state index in [4.69, 9.17) is 6.42 Å². The summed E-state index contributed by atoms with van der Waals surface area (Å²) < 4.78 is 27.3. The molecule has 1 fully saturated rings. The molecule has 1 heterocycles. The minimum Gasteiger partial charge on any atom is -0.344 e. The maximum absolute atomic E-state index is 13.9. The van der Waals surface area contributed by atoms with Crippen LogP contribution in [0.4, 0.5) is 13.6 Å². The predicted octanol–water partition coefficient (Wildman–Crippen LogP) is 0.481. The van der Waals surface area contributed by atoms with E-state index in [2.05, 4.69) is 16.6 Å². The molecule has 1 aliphatic rings. The van der Waals surface area contributed by atoms with Gasteiger partial charge in [0, 0.05) is 5.56 Å². The molecule has 2 N–H and O–H groups in total. The second-order valence-electron chi connectivity index (χ2n) is 5.05. The average molecular weight is 321 g/mol. The largest absolute Gasteiger partial charge is 0.344 e. The van der Waals surface area contributed by atoms with Crippen molar-refractivity contribution in [3.8, 4) is 12.3 Å². The molecule has 8 heteroatoms. The minimum absolute atomic E-state index is 0.0573. The molecule has 6 nitrogen and oxygen atoms in total. The van der Waals surface area contributed by atoms with Crippen molar-refractivity contribution in [1.82, 2.24) is 15.5 Å². The number of nitrogens with one attached hydrogen (secondary N) is 2. The molecule has 0 saturated carbocycles. The Morgan fingerprint density at radius 3 is 2.78 bits per heavy atom. The van der Waals surface area contributed by atoms with Gasteiger partial charge in [-0.15, -0.1) is 6.42 Å². The normalized spacial score (nSPS) is 20.2. The number of nitrogens with zero attached hydrogens (tertiary/aromatic N) is 1. The van der Waals surface area contributed by atoms with Crippen LogP contribution in [0.3, 0.4) is 0 Å². The van der Waals surface area contributed by atoms with Crippen molar-refractivity contribution in [2.24, 2.45) is 0 Å². The average Bonchev–Trinajstić information content (AvgIpc) is 2.72. The molecule has 0 radical (unpaired) electrons. The first-order chi connectivity index (χ1) is 10.8. The smallest absolute Gasteiger partial charge is 0.325 e. The third kappa shape index (κ3) is 2.99. The Kier molecular flexibility index (Phi) is 4.31. The van der Waals surface area contributed by atoms with Crippen molar-refractivity contribution in [1.29, 1.82) is 0 Å². The van der Waals surface area contributed by atoms with E-state index in [0.717, 1.165) is 18.2 Å². The highest BCUT2D eigenvalue weighted by Gasteiger charge is 2.50. The monoisotopic (exact) mass is 321 g/mol. The van der Waals surface area contributed by atoms with Crippen LogP contribution in [0.2, 0.25) is 0 Å². The van der Waals surface area contributed by atoms with E-state index in [1.165, 1.54) is 6.92 Å². The van der Waals surface area contributed by atoms with E-state index in [-0.39, 0.29) is 12.1 Å². The summed E-state index contributed by atoms with van der Waals surface area (Å²) in [6.45, 7) is 0.613. The van der Waals surface area contributed by atoms with Crippen molar-refractivity contribution < 1.29 is 23.2 Å². The quantitative estimate of drug-likeness (QED) is 0.625. The molecule has 120 valence electrons. The van der Waals surface area contributed by atoms with Gasteiger partial charge in [0.15, 0.2) is 0 Å². The van der Waals surface area contributed by atoms with Crippen molar-refractivity contribution >= 4 is 17.8 Å². The van der Waals surface area contributed by atoms with Gasteiger partial charge in [-0.1, -0.05) is 5.92 Å². The number of carbonyl (C=O) groups is 3. The van der Waals surface area contributed by atoms with Gasteiger partial charge >= 0.3 is 6.03 Å². The van der Waals surface area contributed by atoms with Gasteiger partial charge in [0.1, 0.15) is 23.7 Å². The second kappa shape index (κ2) is 6.04. The molecule has 0 spiro atoms. The summed E-state index contributed by atoms with van der Waals surface area (Å²) in [6.07, 6.45) is 4.99. The summed E-state index contributed by atoms with van der Waals surface area (Å²) in [5.74, 6) is -0.928. The van der Waals surface area contributed by atoms with Gasteiger partial charge < -0.3 is 10.6 Å². The number of imide groups is 1. The molecule has 1 atom stereocenters. The zero-order valence-electron chi connectivity index (χ0n) is 12.2. The summed E-state index contributed by atoms with van der Waals surface area (Å²) in [7, 11) is 0. The van der Waals surface area contributed by atoms with Gasteiger partial charge in [-0.05, 0) is 25.1 Å². The van der Waals surface area contributed by atoms with Crippen LogP contribution in [0.15, 0.2) is 18.2 Å². The molecule has 1 aromatic carbocycles. The Balaban J connectivity index is 2.28. The number of halogens is 2. The first-order valence-electron chi connectivity index (χ1n) is 6.59. The number of hydrogen-bond acceptors (Lipinski definition) is 3. The summed E-state index contributed by atoms with van der Waals surface area (Å²) in [6, 6.07) is 1.71. The van der Waals surface area contributed by atoms with Crippen LogP contribution in [-0.4, -0.2) is 35.8 Å². The zero-order valence-corrected chi connectivity index (χ0v) is 12.2. The summed E-state index contributed by atoms with van der Waals surface area (Å²) in [5.41, 5.74) is -2.11. The number of carbonyl (C=O) groups excluding carboxylic acids is 3. The molecule has 0 bridgehead atoms. The highest BCUT2D eigenvalue weighted by molar-refractivity contribution is 6.09. The fourth-order valence-electron chi connectivity index (χ4n) is 2.25. The first kappa shape index (κ1) is 16.4. The maximum atomic E-state index is 13.9. The van der Waals surface area contributed by atoms with Crippen LogP contribution in [0.1, 0.15) is 12.5 Å². The van der Waals surface area contributed by atoms with E-state index in [9.17, 15) is 23.2 Å². The van der Waals surface area contributed by atoms with Gasteiger partial charge in [-0.2, -0.15) is 0 Å². The van der Waals surface area contributed by atoms with Crippen molar-refractivity contribution in [2.75, 3.05) is 13.1 Å². The lowest BCUT2D eigenvalue weighted by Crippen LogP contribution is -2.43. The van der Waals surface area contributed by atoms with Crippen LogP contribution in [0.25, 0.3) is 0 Å². The molecule has 0 unspecified atom stereocenters. The predicted molar refractivity (Wildman–Crippen MR) is 75.8 cm³/mol. The Morgan fingerprint density at radius 1 is 1.43 bits per heavy atom. The SMILES string of the molecule is C#CCNC(=O)CN1C(=O)N[C@](C)(c2cc(F)ccc2F)C1=O. The Labute approximate surface area is 130 Å². The van der Waals surface area contributed by atoms with Crippen molar-refractivity contribution in [3.63, 3.8) is 0 Å². The molecule has 2 rings (SSSR count). The van der Waals surface area contributed by atoms with E-state index in [1.807, 2.05) is 0 Å². The Morgan fingerprint density at radius 2 is 2.13 bits per heavy atom. The minimum atomic E-state index is -1.80. The number of benzene rings is 1. The van der Waals surface area contributed by atoms with Gasteiger partial charge in [-0.25, -0.2) is 13.6 Å². The zero-order chi connectivity index (χ0) is 17.2. The molecule has 4 amide bonds. The number of rotatable bonds is 4. The van der Waals surface area contributed by atoms with E-state index >= 15 is 0 Å². The number of hydrogen-bond donors (Lipinski definition) is 2. The summed E-state index contributed by atoms with van der Waals surface area (Å²) in [4.78, 5) is 36.6. The standard InChI is InChI=1S/C15H13F2N3O3/c1-3-6-18-12(21)8-20-13(22)15(2,19-14(20)23)10-7-9(16)4-5-11(10)17/h1,4-5,7H,6,8H2,2H3,(H,18,21)(H,19,23)/t15-/m1/s1. The molecular formula is C15H13F2N3O3. The van der Waals surface area contributed by atoms with Crippen LogP contribution in [0, 0.1) is 24.0 Å². The van der Waals surface area contributed by atoms with Gasteiger partial charge in [-0.3, -0.25) is 14.5 Å². The second-order valence-corrected chi connectivity index (χ2v) is 5.05. The van der Waals surface area contributed by atoms with Gasteiger partial charge in [0.25, 0.3) is 5.91 Å². The van der Waals surface area contributed by atoms with Gasteiger partial charge in [0.2, 0.25) is 5.91 Å². The fraction of sp³-hybridized carbons (Fsp3) is 0.267. The van der Waals surface area contributed by atoms with Crippen LogP contribution in [0.5, 0.6) is 0 Å². The third-order valence-electron chi connectivity index (χ3n) is 3.43. The van der Waals surface area contributed by atoms with Crippen LogP contribution >= 0.6 is 0 Å². The molecule has 1 aromatic rings. The van der Waals surface area contributed by atoms with Crippen molar-refractivity contribution in [2.45, 2.75) is 12.5 Å². The lowest BCUT2D eigenvalue weighted by atomic mass is 9.91. The topological polar surface area (TPSA) is 78.5 Å². The number of terminal acetylenes is 1. The van der Waals surface area contributed by atoms with E-state index in [0.29, 0.717) is 4.90 Å². The number of amides is 4. The Hall–Kier alpha value is -2.95. The van der Waals surface area contributed by atoms with Crippen LogP contribution < -0.4 is 10.6 Å². The van der Waals surface area contributed by atoms with E-state index < -0.39 is 41.6 Å². The molecule has 23 heavy (non-hydrogen) atoms. The first-order valence-corrected chi connectivity index (χ1v) is 6.59. The number of urea groups is 1. The molecular weight excluding hydrogens is 308 g/mol. The van der Waals surface area contributed by atoms with E-state index in [1.54, 1.807) is 0 Å². The molecule has 0 aromatic heterocycles. The van der Waals surface area contributed by atoms with Gasteiger partial charge in [0.05, 0.1) is 6.54 Å². The highest BCUT2D eigenvalue weighted by atomic mass is 19.1. The Bertz CT molecular complexity index is 729. The third-order valence-corrected chi connectivity index (χ3v) is 3.43. The fourth-order valence-corrected chi connectivity index (χ4v) is 2.25. The van der Waals surface area contributed by atoms with Crippen molar-refractivity contribution in [3.05, 3.63) is 35.4 Å². The maximum Gasteiger partial charge on any atom is 0.325 e. The lowest BCUT2D eigenvalue weighted by molar-refractivity contribution is -0.134. The summed E-state index contributed by atoms with van der Waals surface area (Å²) >= 11 is 0.